The maximum Gasteiger partial charge on any atom is 0.227 e. The number of aromatic nitrogens is 1. The van der Waals surface area contributed by atoms with Gasteiger partial charge in [-0.2, -0.15) is 4.57 Å². The van der Waals surface area contributed by atoms with Gasteiger partial charge in [0.1, 0.15) is 6.54 Å². The summed E-state index contributed by atoms with van der Waals surface area (Å²) < 4.78 is 7.76. The molecule has 0 aliphatic carbocycles. The molecule has 2 nitrogen and oxygen atoms in total. The van der Waals surface area contributed by atoms with E-state index in [-0.39, 0.29) is 0 Å². The van der Waals surface area contributed by atoms with Gasteiger partial charge in [0.15, 0.2) is 11.9 Å². The molecule has 0 unspecified atom stereocenters. The predicted molar refractivity (Wildman–Crippen MR) is 46.1 cm³/mol. The molecule has 0 saturated carbocycles. The number of nitrogens with zero attached hydrogens (tertiary/aromatic N) is 1. The zero-order chi connectivity index (χ0) is 8.39. The molecule has 0 radical (unpaired) electrons. The quantitative estimate of drug-likeness (QED) is 0.601. The molecule has 1 aromatic rings. The second kappa shape index (κ2) is 3.13. The zero-order valence-electron chi connectivity index (χ0n) is 7.42. The fourth-order valence-corrected chi connectivity index (χ4v) is 1.67. The number of rotatable bonds is 2. The van der Waals surface area contributed by atoms with Crippen molar-refractivity contribution in [2.75, 3.05) is 6.61 Å². The van der Waals surface area contributed by atoms with Gasteiger partial charge in [0, 0.05) is 12.5 Å². The molecule has 0 fully saturated rings. The van der Waals surface area contributed by atoms with Crippen molar-refractivity contribution in [1.29, 1.82) is 0 Å². The van der Waals surface area contributed by atoms with E-state index in [4.69, 9.17) is 4.74 Å². The Kier molecular flexibility index (Phi) is 1.98. The highest BCUT2D eigenvalue weighted by Crippen LogP contribution is 2.20. The van der Waals surface area contributed by atoms with Crippen molar-refractivity contribution in [3.05, 3.63) is 24.0 Å². The lowest BCUT2D eigenvalue weighted by Gasteiger charge is -1.98. The summed E-state index contributed by atoms with van der Waals surface area (Å²) in [6.07, 6.45) is 4.38. The molecule has 0 amide bonds. The van der Waals surface area contributed by atoms with E-state index in [0.717, 1.165) is 25.3 Å². The molecule has 0 aromatic carbocycles. The Morgan fingerprint density at radius 1 is 1.58 bits per heavy atom. The Morgan fingerprint density at radius 3 is 3.33 bits per heavy atom. The van der Waals surface area contributed by atoms with Gasteiger partial charge in [0.05, 0.1) is 13.0 Å². The molecular formula is C10H14NO+. The topological polar surface area (TPSA) is 13.1 Å². The lowest BCUT2D eigenvalue weighted by atomic mass is 10.2. The molecule has 64 valence electrons. The highest BCUT2D eigenvalue weighted by atomic mass is 16.5. The summed E-state index contributed by atoms with van der Waals surface area (Å²) in [6, 6.07) is 4.11. The van der Waals surface area contributed by atoms with Crippen molar-refractivity contribution in [3.63, 3.8) is 0 Å². The van der Waals surface area contributed by atoms with Crippen LogP contribution in [0.1, 0.15) is 19.0 Å². The highest BCUT2D eigenvalue weighted by Gasteiger charge is 2.21. The van der Waals surface area contributed by atoms with Gasteiger partial charge in [-0.25, -0.2) is 0 Å². The molecule has 2 heterocycles. The molecule has 1 aromatic heterocycles. The average Bonchev–Trinajstić information content (AvgIpc) is 2.53. The summed E-state index contributed by atoms with van der Waals surface area (Å²) in [5.41, 5.74) is 1.36. The number of hydrogen-bond acceptors (Lipinski definition) is 1. The molecule has 1 aliphatic heterocycles. The standard InChI is InChI=1S/C10H14NO/c1-2-6-11-7-3-4-10-9(11)5-8-12-10/h3-4,7H,2,5-6,8H2,1H3/q+1. The minimum atomic E-state index is 0.850. The third-order valence-corrected chi connectivity index (χ3v) is 2.21. The van der Waals surface area contributed by atoms with Crippen LogP contribution < -0.4 is 9.30 Å². The van der Waals surface area contributed by atoms with Crippen LogP contribution in [-0.4, -0.2) is 6.61 Å². The van der Waals surface area contributed by atoms with E-state index in [1.807, 2.05) is 0 Å². The van der Waals surface area contributed by atoms with Crippen LogP contribution in [0.3, 0.4) is 0 Å². The number of fused-ring (bicyclic) bond motifs is 1. The van der Waals surface area contributed by atoms with Gasteiger partial charge < -0.3 is 4.74 Å². The summed E-state index contributed by atoms with van der Waals surface area (Å²) in [7, 11) is 0. The van der Waals surface area contributed by atoms with Gasteiger partial charge in [0.25, 0.3) is 0 Å². The first-order valence-electron chi connectivity index (χ1n) is 4.56. The number of aryl methyl sites for hydroxylation is 1. The number of pyridine rings is 1. The van der Waals surface area contributed by atoms with Crippen molar-refractivity contribution in [2.45, 2.75) is 26.3 Å². The maximum atomic E-state index is 5.46. The van der Waals surface area contributed by atoms with E-state index in [0.29, 0.717) is 0 Å². The maximum absolute atomic E-state index is 5.46. The minimum absolute atomic E-state index is 0.850. The van der Waals surface area contributed by atoms with Crippen LogP contribution in [0.5, 0.6) is 5.75 Å². The molecular weight excluding hydrogens is 150 g/mol. The molecule has 2 heteroatoms. The highest BCUT2D eigenvalue weighted by molar-refractivity contribution is 5.26. The molecule has 0 saturated heterocycles. The van der Waals surface area contributed by atoms with E-state index in [9.17, 15) is 0 Å². The van der Waals surface area contributed by atoms with Crippen LogP contribution in [0.4, 0.5) is 0 Å². The number of ether oxygens (including phenoxy) is 1. The third-order valence-electron chi connectivity index (χ3n) is 2.21. The summed E-state index contributed by atoms with van der Waals surface area (Å²) in [4.78, 5) is 0. The van der Waals surface area contributed by atoms with Gasteiger partial charge in [0.2, 0.25) is 5.69 Å². The SMILES string of the molecule is CCC[n+]1cccc2c1CCO2. The minimum Gasteiger partial charge on any atom is -0.487 e. The Hall–Kier alpha value is -1.05. The summed E-state index contributed by atoms with van der Waals surface area (Å²) in [5.74, 6) is 1.07. The van der Waals surface area contributed by atoms with Gasteiger partial charge in [-0.3, -0.25) is 0 Å². The van der Waals surface area contributed by atoms with Gasteiger partial charge >= 0.3 is 0 Å². The predicted octanol–water partition coefficient (Wildman–Crippen LogP) is 1.32. The van der Waals surface area contributed by atoms with E-state index >= 15 is 0 Å². The van der Waals surface area contributed by atoms with Crippen LogP contribution in [0.15, 0.2) is 18.3 Å². The first-order chi connectivity index (χ1) is 5.92. The normalized spacial score (nSPS) is 14.1. The van der Waals surface area contributed by atoms with E-state index < -0.39 is 0 Å². The Bertz CT molecular complexity index is 283. The molecule has 2 rings (SSSR count). The van der Waals surface area contributed by atoms with Gasteiger partial charge in [-0.15, -0.1) is 0 Å². The van der Waals surface area contributed by atoms with Crippen LogP contribution in [-0.2, 0) is 13.0 Å². The van der Waals surface area contributed by atoms with Crippen LogP contribution in [0, 0.1) is 0 Å². The molecule has 0 N–H and O–H groups in total. The Labute approximate surface area is 72.8 Å². The smallest absolute Gasteiger partial charge is 0.227 e. The summed E-state index contributed by atoms with van der Waals surface area (Å²) in [5, 5.41) is 0. The lowest BCUT2D eigenvalue weighted by molar-refractivity contribution is -0.703. The van der Waals surface area contributed by atoms with Crippen molar-refractivity contribution >= 4 is 0 Å². The fourth-order valence-electron chi connectivity index (χ4n) is 1.67. The Morgan fingerprint density at radius 2 is 2.50 bits per heavy atom. The fraction of sp³-hybridized carbons (Fsp3) is 0.500. The molecule has 0 spiro atoms. The Balaban J connectivity index is 2.36. The van der Waals surface area contributed by atoms with Gasteiger partial charge in [-0.05, 0) is 6.07 Å². The van der Waals surface area contributed by atoms with Crippen LogP contribution in [0.25, 0.3) is 0 Å². The third kappa shape index (κ3) is 1.17. The van der Waals surface area contributed by atoms with Gasteiger partial charge in [-0.1, -0.05) is 6.92 Å². The largest absolute Gasteiger partial charge is 0.487 e. The second-order valence-electron chi connectivity index (χ2n) is 3.11. The van der Waals surface area contributed by atoms with E-state index in [2.05, 4.69) is 29.8 Å². The molecule has 1 aliphatic rings. The van der Waals surface area contributed by atoms with Crippen molar-refractivity contribution in [1.82, 2.24) is 0 Å². The summed E-state index contributed by atoms with van der Waals surface area (Å²) >= 11 is 0. The number of hydrogen-bond donors (Lipinski definition) is 0. The van der Waals surface area contributed by atoms with E-state index in [1.54, 1.807) is 0 Å². The second-order valence-corrected chi connectivity index (χ2v) is 3.11. The molecule has 12 heavy (non-hydrogen) atoms. The zero-order valence-corrected chi connectivity index (χ0v) is 7.42. The van der Waals surface area contributed by atoms with E-state index in [1.165, 1.54) is 12.1 Å². The van der Waals surface area contributed by atoms with Crippen LogP contribution in [0.2, 0.25) is 0 Å². The lowest BCUT2D eigenvalue weighted by Crippen LogP contribution is -2.36. The first kappa shape index (κ1) is 7.59. The van der Waals surface area contributed by atoms with Crippen molar-refractivity contribution in [2.24, 2.45) is 0 Å². The molecule has 0 atom stereocenters. The molecule has 0 bridgehead atoms. The van der Waals surface area contributed by atoms with Crippen molar-refractivity contribution < 1.29 is 9.30 Å². The van der Waals surface area contributed by atoms with Crippen molar-refractivity contribution in [3.8, 4) is 5.75 Å². The summed E-state index contributed by atoms with van der Waals surface area (Å²) in [6.45, 7) is 4.15. The monoisotopic (exact) mass is 164 g/mol. The average molecular weight is 164 g/mol. The first-order valence-corrected chi connectivity index (χ1v) is 4.56. The van der Waals surface area contributed by atoms with Crippen LogP contribution >= 0.6 is 0 Å².